The van der Waals surface area contributed by atoms with Crippen LogP contribution in [0.1, 0.15) is 26.3 Å². The molecule has 110 valence electrons. The fourth-order valence-corrected chi connectivity index (χ4v) is 1.71. The molecule has 1 rings (SSSR count). The number of amides is 1. The number of nitrogens with zero attached hydrogens (tertiary/aromatic N) is 2. The molecule has 0 aliphatic rings. The van der Waals surface area contributed by atoms with Gasteiger partial charge in [0.25, 0.3) is 5.91 Å². The van der Waals surface area contributed by atoms with Gasteiger partial charge < -0.3 is 10.1 Å². The molecule has 1 aromatic carbocycles. The monoisotopic (exact) mass is 305 g/mol. The van der Waals surface area contributed by atoms with Gasteiger partial charge in [-0.25, -0.2) is 0 Å². The van der Waals surface area contributed by atoms with Gasteiger partial charge in [-0.1, -0.05) is 31.5 Å². The van der Waals surface area contributed by atoms with Gasteiger partial charge in [0.05, 0.1) is 11.1 Å². The molecule has 0 heterocycles. The van der Waals surface area contributed by atoms with Crippen LogP contribution in [-0.2, 0) is 4.79 Å². The van der Waals surface area contributed by atoms with Crippen molar-refractivity contribution in [2.75, 3.05) is 6.61 Å². The van der Waals surface area contributed by atoms with Crippen LogP contribution >= 0.6 is 11.6 Å². The second-order valence-corrected chi connectivity index (χ2v) is 5.44. The molecule has 1 aromatic rings. The van der Waals surface area contributed by atoms with Gasteiger partial charge >= 0.3 is 0 Å². The first-order chi connectivity index (χ1) is 9.84. The molecule has 0 radical (unpaired) electrons. The molecule has 1 atom stereocenters. The first-order valence-electron chi connectivity index (χ1n) is 6.37. The van der Waals surface area contributed by atoms with E-state index in [2.05, 4.69) is 11.4 Å². The number of nitriles is 2. The van der Waals surface area contributed by atoms with Crippen LogP contribution in [0.3, 0.4) is 0 Å². The summed E-state index contributed by atoms with van der Waals surface area (Å²) < 4.78 is 5.31. The standard InChI is InChI=1S/C15H16ClN3O2/c1-10(2)15(3,9-18)19-14(20)8-21-13-6-4-5-12(16)11(13)7-17/h4-6,10H,8H2,1-3H3,(H,19,20). The zero-order chi connectivity index (χ0) is 16.0. The Morgan fingerprint density at radius 2 is 2.14 bits per heavy atom. The molecule has 1 unspecified atom stereocenters. The summed E-state index contributed by atoms with van der Waals surface area (Å²) in [7, 11) is 0. The van der Waals surface area contributed by atoms with E-state index in [1.165, 1.54) is 0 Å². The molecule has 1 amide bonds. The van der Waals surface area contributed by atoms with Crippen LogP contribution in [0.25, 0.3) is 0 Å². The number of rotatable bonds is 5. The first kappa shape index (κ1) is 16.8. The highest BCUT2D eigenvalue weighted by Crippen LogP contribution is 2.25. The number of hydrogen-bond donors (Lipinski definition) is 1. The molecule has 21 heavy (non-hydrogen) atoms. The van der Waals surface area contributed by atoms with E-state index in [0.29, 0.717) is 0 Å². The predicted octanol–water partition coefficient (Wildman–Crippen LogP) is 2.64. The molecular weight excluding hydrogens is 290 g/mol. The molecule has 0 aliphatic carbocycles. The van der Waals surface area contributed by atoms with E-state index in [9.17, 15) is 4.79 Å². The lowest BCUT2D eigenvalue weighted by Gasteiger charge is -2.27. The van der Waals surface area contributed by atoms with Crippen LogP contribution in [0, 0.1) is 28.6 Å². The highest BCUT2D eigenvalue weighted by atomic mass is 35.5. The van der Waals surface area contributed by atoms with Crippen molar-refractivity contribution < 1.29 is 9.53 Å². The summed E-state index contributed by atoms with van der Waals surface area (Å²) >= 11 is 5.87. The summed E-state index contributed by atoms with van der Waals surface area (Å²) in [4.78, 5) is 11.9. The number of carbonyl (C=O) groups is 1. The van der Waals surface area contributed by atoms with Gasteiger partial charge in [-0.05, 0) is 25.0 Å². The van der Waals surface area contributed by atoms with Gasteiger partial charge in [0.15, 0.2) is 6.61 Å². The quantitative estimate of drug-likeness (QED) is 0.906. The third kappa shape index (κ3) is 4.11. The molecule has 0 spiro atoms. The van der Waals surface area contributed by atoms with Crippen molar-refractivity contribution in [1.82, 2.24) is 5.32 Å². The van der Waals surface area contributed by atoms with Crippen molar-refractivity contribution in [3.63, 3.8) is 0 Å². The molecule has 0 aliphatic heterocycles. The SMILES string of the molecule is CC(C)C(C)(C#N)NC(=O)COc1cccc(Cl)c1C#N. The van der Waals surface area contributed by atoms with Crippen molar-refractivity contribution in [2.45, 2.75) is 26.3 Å². The minimum atomic E-state index is -0.965. The summed E-state index contributed by atoms with van der Waals surface area (Å²) in [6.45, 7) is 5.04. The van der Waals surface area contributed by atoms with E-state index in [4.69, 9.17) is 26.9 Å². The van der Waals surface area contributed by atoms with E-state index >= 15 is 0 Å². The smallest absolute Gasteiger partial charge is 0.259 e. The fourth-order valence-electron chi connectivity index (χ4n) is 1.50. The number of benzene rings is 1. The van der Waals surface area contributed by atoms with Crippen molar-refractivity contribution in [3.05, 3.63) is 28.8 Å². The summed E-state index contributed by atoms with van der Waals surface area (Å²) in [6.07, 6.45) is 0. The average Bonchev–Trinajstić information content (AvgIpc) is 2.44. The molecule has 1 N–H and O–H groups in total. The lowest BCUT2D eigenvalue weighted by Crippen LogP contribution is -2.50. The van der Waals surface area contributed by atoms with Gasteiger partial charge in [0, 0.05) is 0 Å². The summed E-state index contributed by atoms with van der Waals surface area (Å²) in [5, 5.41) is 21.0. The Labute approximate surface area is 129 Å². The van der Waals surface area contributed by atoms with Crippen LogP contribution in [0.5, 0.6) is 5.75 Å². The summed E-state index contributed by atoms with van der Waals surface area (Å²) in [5.41, 5.74) is -0.786. The van der Waals surface area contributed by atoms with Gasteiger partial charge in [0.1, 0.15) is 22.9 Å². The van der Waals surface area contributed by atoms with Crippen molar-refractivity contribution in [2.24, 2.45) is 5.92 Å². The molecular formula is C15H16ClN3O2. The number of ether oxygens (including phenoxy) is 1. The lowest BCUT2D eigenvalue weighted by atomic mass is 9.90. The Bertz CT molecular complexity index is 616. The molecule has 0 saturated carbocycles. The van der Waals surface area contributed by atoms with Gasteiger partial charge in [-0.15, -0.1) is 0 Å². The highest BCUT2D eigenvalue weighted by molar-refractivity contribution is 6.31. The molecule has 0 fully saturated rings. The first-order valence-corrected chi connectivity index (χ1v) is 6.75. The number of carbonyl (C=O) groups excluding carboxylic acids is 1. The number of hydrogen-bond acceptors (Lipinski definition) is 4. The third-order valence-electron chi connectivity index (χ3n) is 3.23. The topological polar surface area (TPSA) is 85.9 Å². The molecule has 0 aromatic heterocycles. The Hall–Kier alpha value is -2.24. The van der Waals surface area contributed by atoms with Crippen LogP contribution in [0.4, 0.5) is 0 Å². The number of halogens is 1. The van der Waals surface area contributed by atoms with Gasteiger partial charge in [-0.3, -0.25) is 4.79 Å². The molecule has 0 saturated heterocycles. The Balaban J connectivity index is 2.74. The molecule has 6 heteroatoms. The van der Waals surface area contributed by atoms with Crippen LogP contribution in [0.15, 0.2) is 18.2 Å². The van der Waals surface area contributed by atoms with Crippen molar-refractivity contribution in [3.8, 4) is 17.9 Å². The third-order valence-corrected chi connectivity index (χ3v) is 3.55. The Morgan fingerprint density at radius 3 is 2.67 bits per heavy atom. The number of nitrogens with one attached hydrogen (secondary N) is 1. The normalized spacial score (nSPS) is 12.9. The largest absolute Gasteiger partial charge is 0.482 e. The van der Waals surface area contributed by atoms with Crippen LogP contribution in [0.2, 0.25) is 5.02 Å². The highest BCUT2D eigenvalue weighted by Gasteiger charge is 2.30. The summed E-state index contributed by atoms with van der Waals surface area (Å²) in [6, 6.07) is 8.76. The fraction of sp³-hybridized carbons (Fsp3) is 0.400. The van der Waals surface area contributed by atoms with E-state index in [0.717, 1.165) is 0 Å². The molecule has 5 nitrogen and oxygen atoms in total. The van der Waals surface area contributed by atoms with E-state index in [1.807, 2.05) is 19.9 Å². The lowest BCUT2D eigenvalue weighted by molar-refractivity contribution is -0.124. The zero-order valence-electron chi connectivity index (χ0n) is 12.1. The minimum absolute atomic E-state index is 0.0488. The summed E-state index contributed by atoms with van der Waals surface area (Å²) in [5.74, 6) is -0.243. The predicted molar refractivity (Wildman–Crippen MR) is 78.7 cm³/mol. The minimum Gasteiger partial charge on any atom is -0.482 e. The van der Waals surface area contributed by atoms with E-state index in [-0.39, 0.29) is 28.9 Å². The van der Waals surface area contributed by atoms with E-state index < -0.39 is 11.4 Å². The molecule has 0 bridgehead atoms. The Kier molecular flexibility index (Phi) is 5.58. The zero-order valence-corrected chi connectivity index (χ0v) is 12.9. The Morgan fingerprint density at radius 1 is 1.48 bits per heavy atom. The van der Waals surface area contributed by atoms with Crippen molar-refractivity contribution in [1.29, 1.82) is 10.5 Å². The maximum atomic E-state index is 11.9. The second kappa shape index (κ2) is 6.97. The van der Waals surface area contributed by atoms with Gasteiger partial charge in [0.2, 0.25) is 0 Å². The van der Waals surface area contributed by atoms with Gasteiger partial charge in [-0.2, -0.15) is 10.5 Å². The van der Waals surface area contributed by atoms with Crippen molar-refractivity contribution >= 4 is 17.5 Å². The maximum absolute atomic E-state index is 11.9. The van der Waals surface area contributed by atoms with Crippen LogP contribution < -0.4 is 10.1 Å². The maximum Gasteiger partial charge on any atom is 0.259 e. The van der Waals surface area contributed by atoms with Crippen LogP contribution in [-0.4, -0.2) is 18.1 Å². The van der Waals surface area contributed by atoms with E-state index in [1.54, 1.807) is 25.1 Å². The average molecular weight is 306 g/mol. The second-order valence-electron chi connectivity index (χ2n) is 5.03.